The van der Waals surface area contributed by atoms with Gasteiger partial charge in [0.25, 0.3) is 0 Å². The van der Waals surface area contributed by atoms with E-state index in [0.717, 1.165) is 32.5 Å². The number of hydrogen-bond donors (Lipinski definition) is 2. The summed E-state index contributed by atoms with van der Waals surface area (Å²) < 4.78 is 7.21. The summed E-state index contributed by atoms with van der Waals surface area (Å²) in [7, 11) is 0. The van der Waals surface area contributed by atoms with Crippen molar-refractivity contribution in [2.24, 2.45) is 0 Å². The number of amides is 1. The van der Waals surface area contributed by atoms with Gasteiger partial charge in [-0.3, -0.25) is 14.5 Å². The number of Topliss-reactive ketones (excluding diaryl/α,β-unsaturated/α-hetero) is 1. The first-order chi connectivity index (χ1) is 16.0. The SMILES string of the molecule is O=C(O)COc1ccc(C(=O)CN2CCN(C3CCNCC3)CC2=O)cc1Cn1ccnc1. The molecule has 0 saturated carbocycles. The molecule has 2 fully saturated rings. The van der Waals surface area contributed by atoms with Crippen LogP contribution in [0.1, 0.15) is 28.8 Å². The molecule has 33 heavy (non-hydrogen) atoms. The number of benzene rings is 1. The number of rotatable bonds is 9. The normalized spacial score (nSPS) is 17.8. The zero-order valence-corrected chi connectivity index (χ0v) is 18.5. The second-order valence-corrected chi connectivity index (χ2v) is 8.43. The van der Waals surface area contributed by atoms with Crippen LogP contribution < -0.4 is 10.1 Å². The number of hydrogen-bond acceptors (Lipinski definition) is 7. The van der Waals surface area contributed by atoms with Gasteiger partial charge >= 0.3 is 5.97 Å². The zero-order chi connectivity index (χ0) is 23.2. The molecule has 2 aromatic rings. The minimum absolute atomic E-state index is 0.0202. The van der Waals surface area contributed by atoms with E-state index in [9.17, 15) is 14.4 Å². The van der Waals surface area contributed by atoms with Crippen molar-refractivity contribution in [1.29, 1.82) is 0 Å². The number of aliphatic carboxylic acids is 1. The first-order valence-corrected chi connectivity index (χ1v) is 11.2. The average molecular weight is 456 g/mol. The molecule has 0 bridgehead atoms. The third-order valence-electron chi connectivity index (χ3n) is 6.15. The van der Waals surface area contributed by atoms with E-state index in [1.54, 1.807) is 46.4 Å². The Morgan fingerprint density at radius 1 is 1.21 bits per heavy atom. The van der Waals surface area contributed by atoms with Gasteiger partial charge in [-0.25, -0.2) is 9.78 Å². The van der Waals surface area contributed by atoms with E-state index in [1.165, 1.54) is 0 Å². The van der Waals surface area contributed by atoms with E-state index in [0.29, 0.717) is 42.6 Å². The van der Waals surface area contributed by atoms with E-state index in [1.807, 2.05) is 0 Å². The number of ether oxygens (including phenoxy) is 1. The third kappa shape index (κ3) is 5.96. The standard InChI is InChI=1S/C23H29N5O5/c29-20(13-28-10-9-27(14-22(28)30)19-3-5-24-6-4-19)17-1-2-21(33-15-23(31)32)18(11-17)12-26-8-7-25-16-26/h1-2,7-8,11,16,19,24H,3-6,9-10,12-15H2,(H,31,32). The fraction of sp³-hybridized carbons (Fsp3) is 0.478. The van der Waals surface area contributed by atoms with Crippen LogP contribution in [0.25, 0.3) is 0 Å². The van der Waals surface area contributed by atoms with Crippen LogP contribution in [0.3, 0.4) is 0 Å². The van der Waals surface area contributed by atoms with Crippen LogP contribution in [-0.2, 0) is 16.1 Å². The summed E-state index contributed by atoms with van der Waals surface area (Å²) in [6.45, 7) is 3.55. The number of carbonyl (C=O) groups is 3. The van der Waals surface area contributed by atoms with Crippen LogP contribution in [-0.4, -0.2) is 94.0 Å². The summed E-state index contributed by atoms with van der Waals surface area (Å²) in [6, 6.07) is 5.36. The monoisotopic (exact) mass is 455 g/mol. The number of nitrogens with zero attached hydrogens (tertiary/aromatic N) is 4. The number of carboxylic acids is 1. The predicted octanol–water partition coefficient (Wildman–Crippen LogP) is 0.474. The molecular formula is C23H29N5O5. The smallest absolute Gasteiger partial charge is 0.341 e. The highest BCUT2D eigenvalue weighted by atomic mass is 16.5. The van der Waals surface area contributed by atoms with Crippen molar-refractivity contribution in [2.75, 3.05) is 45.9 Å². The maximum atomic E-state index is 13.0. The maximum absolute atomic E-state index is 13.0. The molecule has 0 spiro atoms. The Morgan fingerprint density at radius 3 is 2.73 bits per heavy atom. The molecule has 2 N–H and O–H groups in total. The van der Waals surface area contributed by atoms with Crippen molar-refractivity contribution in [2.45, 2.75) is 25.4 Å². The second kappa shape index (κ2) is 10.6. The third-order valence-corrected chi connectivity index (χ3v) is 6.15. The lowest BCUT2D eigenvalue weighted by atomic mass is 10.0. The van der Waals surface area contributed by atoms with Gasteiger partial charge in [0.2, 0.25) is 5.91 Å². The molecule has 0 unspecified atom stereocenters. The summed E-state index contributed by atoms with van der Waals surface area (Å²) in [5.74, 6) is -0.858. The molecular weight excluding hydrogens is 426 g/mol. The lowest BCUT2D eigenvalue weighted by molar-refractivity contribution is -0.139. The Bertz CT molecular complexity index is 987. The number of imidazole rings is 1. The molecule has 1 aromatic heterocycles. The highest BCUT2D eigenvalue weighted by molar-refractivity contribution is 6.00. The van der Waals surface area contributed by atoms with Gasteiger partial charge in [0, 0.05) is 42.7 Å². The first-order valence-electron chi connectivity index (χ1n) is 11.2. The predicted molar refractivity (Wildman–Crippen MR) is 119 cm³/mol. The maximum Gasteiger partial charge on any atom is 0.341 e. The van der Waals surface area contributed by atoms with Gasteiger partial charge in [-0.05, 0) is 44.1 Å². The Hall–Kier alpha value is -3.24. The lowest BCUT2D eigenvalue weighted by Gasteiger charge is -2.40. The Morgan fingerprint density at radius 2 is 2.03 bits per heavy atom. The molecule has 0 atom stereocenters. The second-order valence-electron chi connectivity index (χ2n) is 8.43. The van der Waals surface area contributed by atoms with Gasteiger partial charge in [-0.1, -0.05) is 0 Å². The van der Waals surface area contributed by atoms with E-state index in [2.05, 4.69) is 15.2 Å². The molecule has 2 aliphatic heterocycles. The molecule has 3 heterocycles. The summed E-state index contributed by atoms with van der Waals surface area (Å²) in [6.07, 6.45) is 7.14. The number of piperazine rings is 1. The largest absolute Gasteiger partial charge is 0.482 e. The van der Waals surface area contributed by atoms with Crippen molar-refractivity contribution >= 4 is 17.7 Å². The number of aromatic nitrogens is 2. The minimum Gasteiger partial charge on any atom is -0.482 e. The van der Waals surface area contributed by atoms with Crippen molar-refractivity contribution in [3.63, 3.8) is 0 Å². The summed E-state index contributed by atoms with van der Waals surface area (Å²) in [5.41, 5.74) is 1.13. The highest BCUT2D eigenvalue weighted by Gasteiger charge is 2.30. The Balaban J connectivity index is 1.41. The summed E-state index contributed by atoms with van der Waals surface area (Å²) in [4.78, 5) is 44.5. The number of ketones is 1. The summed E-state index contributed by atoms with van der Waals surface area (Å²) >= 11 is 0. The molecule has 10 heteroatoms. The van der Waals surface area contributed by atoms with E-state index in [4.69, 9.17) is 9.84 Å². The van der Waals surface area contributed by atoms with Crippen molar-refractivity contribution in [3.05, 3.63) is 48.0 Å². The van der Waals surface area contributed by atoms with E-state index < -0.39 is 12.6 Å². The summed E-state index contributed by atoms with van der Waals surface area (Å²) in [5, 5.41) is 12.3. The molecule has 4 rings (SSSR count). The van der Waals surface area contributed by atoms with Crippen LogP contribution in [0.2, 0.25) is 0 Å². The van der Waals surface area contributed by atoms with Crippen LogP contribution in [0.4, 0.5) is 0 Å². The van der Waals surface area contributed by atoms with Crippen LogP contribution in [0, 0.1) is 0 Å². The van der Waals surface area contributed by atoms with Crippen LogP contribution in [0.5, 0.6) is 5.75 Å². The molecule has 2 saturated heterocycles. The van der Waals surface area contributed by atoms with Crippen molar-refractivity contribution < 1.29 is 24.2 Å². The Kier molecular flexibility index (Phi) is 7.36. The highest BCUT2D eigenvalue weighted by Crippen LogP contribution is 2.23. The number of piperidine rings is 1. The minimum atomic E-state index is -1.08. The molecule has 10 nitrogen and oxygen atoms in total. The van der Waals surface area contributed by atoms with E-state index in [-0.39, 0.29) is 18.2 Å². The van der Waals surface area contributed by atoms with Gasteiger partial charge in [-0.2, -0.15) is 0 Å². The average Bonchev–Trinajstić information content (AvgIpc) is 3.33. The van der Waals surface area contributed by atoms with Gasteiger partial charge in [0.05, 0.1) is 26.0 Å². The Labute approximate surface area is 192 Å². The molecule has 0 aliphatic carbocycles. The number of carbonyl (C=O) groups excluding carboxylic acids is 2. The molecule has 2 aliphatic rings. The van der Waals surface area contributed by atoms with Gasteiger partial charge in [-0.15, -0.1) is 0 Å². The van der Waals surface area contributed by atoms with Crippen molar-refractivity contribution in [1.82, 2.24) is 24.7 Å². The quantitative estimate of drug-likeness (QED) is 0.524. The van der Waals surface area contributed by atoms with Gasteiger partial charge < -0.3 is 24.6 Å². The molecule has 0 radical (unpaired) electrons. The van der Waals surface area contributed by atoms with Crippen LogP contribution in [0.15, 0.2) is 36.9 Å². The van der Waals surface area contributed by atoms with Crippen molar-refractivity contribution in [3.8, 4) is 5.75 Å². The molecule has 176 valence electrons. The van der Waals surface area contributed by atoms with Gasteiger partial charge in [0.15, 0.2) is 12.4 Å². The fourth-order valence-electron chi connectivity index (χ4n) is 4.38. The fourth-order valence-corrected chi connectivity index (χ4v) is 4.38. The first kappa shape index (κ1) is 22.9. The molecule has 1 amide bonds. The molecule has 1 aromatic carbocycles. The lowest BCUT2D eigenvalue weighted by Crippen LogP contribution is -2.56. The van der Waals surface area contributed by atoms with Crippen LogP contribution >= 0.6 is 0 Å². The topological polar surface area (TPSA) is 117 Å². The van der Waals surface area contributed by atoms with Gasteiger partial charge in [0.1, 0.15) is 5.75 Å². The number of carboxylic acid groups (broad SMARTS) is 1. The zero-order valence-electron chi connectivity index (χ0n) is 18.5. The number of nitrogens with one attached hydrogen (secondary N) is 1. The van der Waals surface area contributed by atoms with E-state index >= 15 is 0 Å².